The maximum absolute atomic E-state index is 13.2. The number of likely N-dealkylation sites (tertiary alicyclic amines) is 2. The second-order valence-corrected chi connectivity index (χ2v) is 8.26. The van der Waals surface area contributed by atoms with Gasteiger partial charge in [-0.2, -0.15) is 0 Å². The monoisotopic (exact) mass is 373 g/mol. The van der Waals surface area contributed by atoms with E-state index in [1.165, 1.54) is 12.4 Å². The summed E-state index contributed by atoms with van der Waals surface area (Å²) in [6.07, 6.45) is 6.15. The third-order valence-corrected chi connectivity index (χ3v) is 5.89. The smallest absolute Gasteiger partial charge is 0.274 e. The van der Waals surface area contributed by atoms with Crippen LogP contribution >= 0.6 is 0 Å². The zero-order chi connectivity index (χ0) is 19.6. The van der Waals surface area contributed by atoms with Gasteiger partial charge in [-0.25, -0.2) is 9.97 Å². The highest BCUT2D eigenvalue weighted by molar-refractivity contribution is 6.04. The van der Waals surface area contributed by atoms with Crippen molar-refractivity contribution in [3.8, 4) is 0 Å². The molecule has 0 spiro atoms. The quantitative estimate of drug-likeness (QED) is 0.804. The average Bonchev–Trinajstić information content (AvgIpc) is 3.14. The summed E-state index contributed by atoms with van der Waals surface area (Å²) in [5, 5.41) is 0. The third-order valence-electron chi connectivity index (χ3n) is 5.89. The van der Waals surface area contributed by atoms with E-state index in [2.05, 4.69) is 42.8 Å². The molecule has 2 aliphatic rings. The topological polar surface area (TPSA) is 69.6 Å². The van der Waals surface area contributed by atoms with E-state index in [0.29, 0.717) is 31.0 Å². The highest BCUT2D eigenvalue weighted by Gasteiger charge is 2.39. The first-order valence-corrected chi connectivity index (χ1v) is 9.96. The lowest BCUT2D eigenvalue weighted by Gasteiger charge is -2.27. The van der Waals surface area contributed by atoms with Crippen molar-refractivity contribution in [2.24, 2.45) is 11.8 Å². The Balaban J connectivity index is 1.82. The van der Waals surface area contributed by atoms with E-state index in [0.717, 1.165) is 32.4 Å². The fourth-order valence-electron chi connectivity index (χ4n) is 4.23. The van der Waals surface area contributed by atoms with Gasteiger partial charge in [0.1, 0.15) is 0 Å². The Morgan fingerprint density at radius 1 is 0.963 bits per heavy atom. The van der Waals surface area contributed by atoms with E-state index in [1.54, 1.807) is 4.90 Å². The first kappa shape index (κ1) is 19.7. The number of aromatic nitrogens is 2. The summed E-state index contributed by atoms with van der Waals surface area (Å²) in [4.78, 5) is 40.5. The Kier molecular flexibility index (Phi) is 6.09. The van der Waals surface area contributed by atoms with Crippen LogP contribution in [0.4, 0.5) is 0 Å². The van der Waals surface area contributed by atoms with Crippen LogP contribution in [0.15, 0.2) is 12.4 Å². The molecule has 2 fully saturated rings. The van der Waals surface area contributed by atoms with Gasteiger partial charge in [-0.3, -0.25) is 9.59 Å². The molecule has 2 aliphatic heterocycles. The molecule has 0 radical (unpaired) electrons. The van der Waals surface area contributed by atoms with E-state index in [-0.39, 0.29) is 23.2 Å². The van der Waals surface area contributed by atoms with Crippen LogP contribution in [-0.4, -0.2) is 82.8 Å². The van der Waals surface area contributed by atoms with Crippen LogP contribution in [0.5, 0.6) is 0 Å². The van der Waals surface area contributed by atoms with Crippen molar-refractivity contribution in [2.75, 3.05) is 40.3 Å². The van der Waals surface area contributed by atoms with Crippen LogP contribution in [0.1, 0.15) is 54.1 Å². The second-order valence-electron chi connectivity index (χ2n) is 8.26. The van der Waals surface area contributed by atoms with Crippen LogP contribution in [0.3, 0.4) is 0 Å². The van der Waals surface area contributed by atoms with Crippen molar-refractivity contribution < 1.29 is 9.59 Å². The molecule has 0 bridgehead atoms. The molecule has 2 saturated heterocycles. The molecule has 0 aromatic carbocycles. The number of carbonyl (C=O) groups excluding carboxylic acids is 2. The van der Waals surface area contributed by atoms with Crippen molar-refractivity contribution in [1.82, 2.24) is 24.7 Å². The van der Waals surface area contributed by atoms with Crippen LogP contribution in [0, 0.1) is 11.8 Å². The van der Waals surface area contributed by atoms with E-state index < -0.39 is 0 Å². The normalized spacial score (nSPS) is 23.3. The minimum absolute atomic E-state index is 0.171. The van der Waals surface area contributed by atoms with Gasteiger partial charge >= 0.3 is 0 Å². The predicted molar refractivity (Wildman–Crippen MR) is 103 cm³/mol. The fraction of sp³-hybridized carbons (Fsp3) is 0.700. The lowest BCUT2D eigenvalue weighted by atomic mass is 9.91. The Morgan fingerprint density at radius 3 is 2.00 bits per heavy atom. The van der Waals surface area contributed by atoms with Gasteiger partial charge in [0.2, 0.25) is 0 Å². The Hall–Kier alpha value is -2.02. The molecule has 0 N–H and O–H groups in total. The van der Waals surface area contributed by atoms with Crippen molar-refractivity contribution >= 4 is 11.8 Å². The molecule has 7 nitrogen and oxygen atoms in total. The summed E-state index contributed by atoms with van der Waals surface area (Å²) >= 11 is 0. The average molecular weight is 374 g/mol. The molecule has 1 aromatic rings. The zero-order valence-corrected chi connectivity index (χ0v) is 16.9. The Labute approximate surface area is 161 Å². The van der Waals surface area contributed by atoms with Gasteiger partial charge in [-0.1, -0.05) is 13.8 Å². The second kappa shape index (κ2) is 8.33. The fourth-order valence-corrected chi connectivity index (χ4v) is 4.23. The Morgan fingerprint density at radius 2 is 1.52 bits per heavy atom. The summed E-state index contributed by atoms with van der Waals surface area (Å²) in [5.74, 6) is 0.529. The number of likely N-dealkylation sites (N-methyl/N-ethyl adjacent to an activating group) is 1. The summed E-state index contributed by atoms with van der Waals surface area (Å²) in [7, 11) is 4.11. The Bertz CT molecular complexity index is 669. The van der Waals surface area contributed by atoms with Crippen molar-refractivity contribution in [1.29, 1.82) is 0 Å². The zero-order valence-electron chi connectivity index (χ0n) is 16.9. The number of hydrogen-bond acceptors (Lipinski definition) is 5. The van der Waals surface area contributed by atoms with Crippen molar-refractivity contribution in [3.63, 3.8) is 0 Å². The first-order valence-electron chi connectivity index (χ1n) is 9.96. The molecule has 0 unspecified atom stereocenters. The standard InChI is InChI=1S/C20H31N5O2/c1-14(2)15-12-25(13-16(15)23(3)4)20(27)18-17(21-8-9-22-18)19(26)24-10-6-5-7-11-24/h8-9,14-16H,5-7,10-13H2,1-4H3/t15-,16+/m0/s1. The SMILES string of the molecule is CC(C)[C@@H]1CN(C(=O)c2nccnc2C(=O)N2CCCCC2)C[C@H]1N(C)C. The van der Waals surface area contributed by atoms with E-state index in [1.807, 2.05) is 4.90 Å². The van der Waals surface area contributed by atoms with Crippen LogP contribution < -0.4 is 0 Å². The number of piperidine rings is 1. The molecule has 1 aromatic heterocycles. The van der Waals surface area contributed by atoms with Crippen LogP contribution in [0.25, 0.3) is 0 Å². The maximum atomic E-state index is 13.2. The van der Waals surface area contributed by atoms with Crippen molar-refractivity contribution in [3.05, 3.63) is 23.8 Å². The third kappa shape index (κ3) is 4.13. The molecular formula is C20H31N5O2. The molecule has 27 heavy (non-hydrogen) atoms. The molecule has 2 atom stereocenters. The van der Waals surface area contributed by atoms with Gasteiger partial charge in [-0.05, 0) is 45.2 Å². The minimum atomic E-state index is -0.182. The van der Waals surface area contributed by atoms with Gasteiger partial charge < -0.3 is 14.7 Å². The summed E-state index contributed by atoms with van der Waals surface area (Å²) < 4.78 is 0. The van der Waals surface area contributed by atoms with Gasteiger partial charge in [-0.15, -0.1) is 0 Å². The number of nitrogens with zero attached hydrogens (tertiary/aromatic N) is 5. The molecule has 2 amide bonds. The summed E-state index contributed by atoms with van der Waals surface area (Å²) in [6.45, 7) is 7.19. The van der Waals surface area contributed by atoms with Gasteiger partial charge in [0, 0.05) is 44.6 Å². The van der Waals surface area contributed by atoms with Crippen LogP contribution in [0.2, 0.25) is 0 Å². The number of hydrogen-bond donors (Lipinski definition) is 0. The molecule has 0 aliphatic carbocycles. The van der Waals surface area contributed by atoms with Gasteiger partial charge in [0.05, 0.1) is 0 Å². The molecule has 148 valence electrons. The number of rotatable bonds is 4. The van der Waals surface area contributed by atoms with E-state index in [4.69, 9.17) is 0 Å². The molecule has 0 saturated carbocycles. The molecular weight excluding hydrogens is 342 g/mol. The van der Waals surface area contributed by atoms with Gasteiger partial charge in [0.15, 0.2) is 11.4 Å². The summed E-state index contributed by atoms with van der Waals surface area (Å²) in [6, 6.07) is 0.312. The lowest BCUT2D eigenvalue weighted by Crippen LogP contribution is -2.39. The largest absolute Gasteiger partial charge is 0.337 e. The van der Waals surface area contributed by atoms with Crippen LogP contribution in [-0.2, 0) is 0 Å². The van der Waals surface area contributed by atoms with Crippen molar-refractivity contribution in [2.45, 2.75) is 39.2 Å². The van der Waals surface area contributed by atoms with E-state index in [9.17, 15) is 9.59 Å². The highest BCUT2D eigenvalue weighted by Crippen LogP contribution is 2.28. The first-order chi connectivity index (χ1) is 12.9. The predicted octanol–water partition coefficient (Wildman–Crippen LogP) is 1.76. The number of amides is 2. The molecule has 3 rings (SSSR count). The molecule has 3 heterocycles. The number of carbonyl (C=O) groups is 2. The minimum Gasteiger partial charge on any atom is -0.337 e. The maximum Gasteiger partial charge on any atom is 0.274 e. The summed E-state index contributed by atoms with van der Waals surface area (Å²) in [5.41, 5.74) is 0.383. The molecule has 7 heteroatoms. The lowest BCUT2D eigenvalue weighted by molar-refractivity contribution is 0.0695. The van der Waals surface area contributed by atoms with E-state index >= 15 is 0 Å². The highest BCUT2D eigenvalue weighted by atomic mass is 16.2. The van der Waals surface area contributed by atoms with Gasteiger partial charge in [0.25, 0.3) is 11.8 Å².